The minimum atomic E-state index is -0.0766. The van der Waals surface area contributed by atoms with E-state index in [1.807, 2.05) is 55.5 Å². The summed E-state index contributed by atoms with van der Waals surface area (Å²) in [7, 11) is 0. The molecule has 28 heavy (non-hydrogen) atoms. The van der Waals surface area contributed by atoms with Crippen molar-refractivity contribution in [2.45, 2.75) is 19.9 Å². The van der Waals surface area contributed by atoms with Crippen molar-refractivity contribution in [3.63, 3.8) is 0 Å². The van der Waals surface area contributed by atoms with E-state index in [2.05, 4.69) is 15.1 Å². The molecule has 1 amide bonds. The van der Waals surface area contributed by atoms with Crippen molar-refractivity contribution in [3.05, 3.63) is 64.7 Å². The molecule has 2 aromatic rings. The Kier molecular flexibility index (Phi) is 6.70. The summed E-state index contributed by atoms with van der Waals surface area (Å²) in [5.74, 6) is 0.0983. The van der Waals surface area contributed by atoms with Gasteiger partial charge in [0.05, 0.1) is 12.6 Å². The summed E-state index contributed by atoms with van der Waals surface area (Å²) in [5.41, 5.74) is 2.84. The van der Waals surface area contributed by atoms with E-state index in [4.69, 9.17) is 11.6 Å². The number of ketones is 1. The maximum Gasteiger partial charge on any atom is 0.234 e. The minimum absolute atomic E-state index is 0.0201. The van der Waals surface area contributed by atoms with E-state index < -0.39 is 0 Å². The summed E-state index contributed by atoms with van der Waals surface area (Å²) >= 11 is 6.03. The molecule has 0 spiro atoms. The second-order valence-electron chi connectivity index (χ2n) is 7.21. The fourth-order valence-corrected chi connectivity index (χ4v) is 3.62. The van der Waals surface area contributed by atoms with E-state index in [0.717, 1.165) is 43.0 Å². The Morgan fingerprint density at radius 1 is 1.07 bits per heavy atom. The number of nitrogens with one attached hydrogen (secondary N) is 1. The van der Waals surface area contributed by atoms with E-state index in [9.17, 15) is 9.59 Å². The lowest BCUT2D eigenvalue weighted by atomic mass is 10.1. The molecular formula is C22H26ClN3O2. The van der Waals surface area contributed by atoms with Crippen molar-refractivity contribution < 1.29 is 9.59 Å². The molecule has 2 aromatic carbocycles. The Labute approximate surface area is 171 Å². The van der Waals surface area contributed by atoms with Gasteiger partial charge < -0.3 is 10.2 Å². The van der Waals surface area contributed by atoms with Crippen molar-refractivity contribution >= 4 is 29.0 Å². The highest BCUT2D eigenvalue weighted by atomic mass is 35.5. The number of carbonyl (C=O) groups is 2. The molecule has 1 unspecified atom stereocenters. The molecule has 3 rings (SSSR count). The number of piperazine rings is 1. The Hall–Kier alpha value is -2.37. The van der Waals surface area contributed by atoms with Crippen molar-refractivity contribution in [1.82, 2.24) is 10.2 Å². The average molecular weight is 400 g/mol. The van der Waals surface area contributed by atoms with Gasteiger partial charge in [-0.3, -0.25) is 14.5 Å². The lowest BCUT2D eigenvalue weighted by molar-refractivity contribution is -0.123. The van der Waals surface area contributed by atoms with Crippen LogP contribution in [-0.4, -0.2) is 49.3 Å². The van der Waals surface area contributed by atoms with Crippen LogP contribution in [0.1, 0.15) is 35.8 Å². The minimum Gasteiger partial charge on any atom is -0.369 e. The van der Waals surface area contributed by atoms with Gasteiger partial charge in [-0.1, -0.05) is 23.7 Å². The number of rotatable bonds is 6. The average Bonchev–Trinajstić information content (AvgIpc) is 2.68. The van der Waals surface area contributed by atoms with Crippen molar-refractivity contribution in [2.75, 3.05) is 37.6 Å². The number of nitrogens with zero attached hydrogens (tertiary/aromatic N) is 2. The Morgan fingerprint density at radius 2 is 1.75 bits per heavy atom. The quantitative estimate of drug-likeness (QED) is 0.755. The fourth-order valence-electron chi connectivity index (χ4n) is 3.42. The first kappa shape index (κ1) is 20.4. The molecule has 1 fully saturated rings. The second kappa shape index (κ2) is 9.22. The van der Waals surface area contributed by atoms with Crippen LogP contribution < -0.4 is 10.2 Å². The molecule has 6 heteroatoms. The molecule has 0 aliphatic carbocycles. The van der Waals surface area contributed by atoms with Gasteiger partial charge in [-0.15, -0.1) is 0 Å². The Bertz CT molecular complexity index is 830. The number of benzene rings is 2. The van der Waals surface area contributed by atoms with Gasteiger partial charge in [-0.2, -0.15) is 0 Å². The van der Waals surface area contributed by atoms with Gasteiger partial charge in [0, 0.05) is 42.5 Å². The molecule has 1 saturated heterocycles. The van der Waals surface area contributed by atoms with Crippen LogP contribution in [0.5, 0.6) is 0 Å². The van der Waals surface area contributed by atoms with Gasteiger partial charge in [-0.05, 0) is 55.8 Å². The summed E-state index contributed by atoms with van der Waals surface area (Å²) in [5, 5.41) is 3.72. The van der Waals surface area contributed by atoms with Crippen LogP contribution in [-0.2, 0) is 4.79 Å². The standard InChI is InChI=1S/C22H26ClN3O2/c1-16(19-4-3-5-20(23)14-19)24-22(28)15-25-10-12-26(13-11-25)21-8-6-18(7-9-21)17(2)27/h3-9,14,16H,10-13,15H2,1-2H3,(H,24,28). The lowest BCUT2D eigenvalue weighted by Gasteiger charge is -2.36. The van der Waals surface area contributed by atoms with Crippen molar-refractivity contribution in [1.29, 1.82) is 0 Å². The monoisotopic (exact) mass is 399 g/mol. The normalized spacial score (nSPS) is 15.9. The molecule has 0 radical (unpaired) electrons. The smallest absolute Gasteiger partial charge is 0.234 e. The number of halogens is 1. The molecule has 0 bridgehead atoms. The first-order valence-corrected chi connectivity index (χ1v) is 9.93. The third kappa shape index (κ3) is 5.33. The van der Waals surface area contributed by atoms with Gasteiger partial charge in [-0.25, -0.2) is 0 Å². The van der Waals surface area contributed by atoms with E-state index >= 15 is 0 Å². The predicted molar refractivity (Wildman–Crippen MR) is 113 cm³/mol. The topological polar surface area (TPSA) is 52.7 Å². The second-order valence-corrected chi connectivity index (χ2v) is 7.65. The zero-order chi connectivity index (χ0) is 20.1. The van der Waals surface area contributed by atoms with Crippen molar-refractivity contribution in [3.8, 4) is 0 Å². The molecule has 1 aliphatic rings. The summed E-state index contributed by atoms with van der Waals surface area (Å²) in [6, 6.07) is 15.2. The third-order valence-corrected chi connectivity index (χ3v) is 5.34. The molecular weight excluding hydrogens is 374 g/mol. The van der Waals surface area contributed by atoms with E-state index in [0.29, 0.717) is 11.6 Å². The molecule has 148 valence electrons. The summed E-state index contributed by atoms with van der Waals surface area (Å²) in [4.78, 5) is 28.3. The zero-order valence-electron chi connectivity index (χ0n) is 16.3. The number of carbonyl (C=O) groups excluding carboxylic acids is 2. The first-order chi connectivity index (χ1) is 13.4. The summed E-state index contributed by atoms with van der Waals surface area (Å²) in [6.45, 7) is 7.30. The number of hydrogen-bond donors (Lipinski definition) is 1. The molecule has 1 heterocycles. The zero-order valence-corrected chi connectivity index (χ0v) is 17.1. The summed E-state index contributed by atoms with van der Waals surface area (Å²) in [6.07, 6.45) is 0. The van der Waals surface area contributed by atoms with Crippen LogP contribution in [0.2, 0.25) is 5.02 Å². The summed E-state index contributed by atoms with van der Waals surface area (Å²) < 4.78 is 0. The van der Waals surface area contributed by atoms with E-state index in [-0.39, 0.29) is 17.7 Å². The third-order valence-electron chi connectivity index (χ3n) is 5.10. The Morgan fingerprint density at radius 3 is 2.36 bits per heavy atom. The Balaban J connectivity index is 1.47. The van der Waals surface area contributed by atoms with Gasteiger partial charge in [0.15, 0.2) is 5.78 Å². The molecule has 1 atom stereocenters. The highest BCUT2D eigenvalue weighted by molar-refractivity contribution is 6.30. The van der Waals surface area contributed by atoms with Crippen LogP contribution in [0.25, 0.3) is 0 Å². The molecule has 0 aromatic heterocycles. The van der Waals surface area contributed by atoms with E-state index in [1.165, 1.54) is 0 Å². The highest BCUT2D eigenvalue weighted by Crippen LogP contribution is 2.19. The lowest BCUT2D eigenvalue weighted by Crippen LogP contribution is -2.49. The van der Waals surface area contributed by atoms with Crippen LogP contribution in [0.15, 0.2) is 48.5 Å². The van der Waals surface area contributed by atoms with Crippen LogP contribution in [0.3, 0.4) is 0 Å². The van der Waals surface area contributed by atoms with Crippen molar-refractivity contribution in [2.24, 2.45) is 0 Å². The number of amides is 1. The van der Waals surface area contributed by atoms with Gasteiger partial charge >= 0.3 is 0 Å². The van der Waals surface area contributed by atoms with Crippen LogP contribution in [0.4, 0.5) is 5.69 Å². The largest absolute Gasteiger partial charge is 0.369 e. The van der Waals surface area contributed by atoms with Crippen LogP contribution in [0, 0.1) is 0 Å². The first-order valence-electron chi connectivity index (χ1n) is 9.55. The maximum atomic E-state index is 12.4. The molecule has 5 nitrogen and oxygen atoms in total. The number of Topliss-reactive ketones (excluding diaryl/α,β-unsaturated/α-hetero) is 1. The fraction of sp³-hybridized carbons (Fsp3) is 0.364. The number of anilines is 1. The predicted octanol–water partition coefficient (Wildman–Crippen LogP) is 3.54. The van der Waals surface area contributed by atoms with Gasteiger partial charge in [0.1, 0.15) is 0 Å². The van der Waals surface area contributed by atoms with Gasteiger partial charge in [0.2, 0.25) is 5.91 Å². The molecule has 1 aliphatic heterocycles. The van der Waals surface area contributed by atoms with Crippen LogP contribution >= 0.6 is 11.6 Å². The molecule has 0 saturated carbocycles. The molecule has 1 N–H and O–H groups in total. The highest BCUT2D eigenvalue weighted by Gasteiger charge is 2.20. The van der Waals surface area contributed by atoms with Gasteiger partial charge in [0.25, 0.3) is 0 Å². The number of hydrogen-bond acceptors (Lipinski definition) is 4. The SMILES string of the molecule is CC(=O)c1ccc(N2CCN(CC(=O)NC(C)c3cccc(Cl)c3)CC2)cc1. The maximum absolute atomic E-state index is 12.4. The van der Waals surface area contributed by atoms with E-state index in [1.54, 1.807) is 6.92 Å².